The van der Waals surface area contributed by atoms with Crippen LogP contribution in [0.25, 0.3) is 0 Å². The van der Waals surface area contributed by atoms with Crippen LogP contribution in [0.4, 0.5) is 0 Å². The molecule has 178 valence electrons. The molecule has 0 unspecified atom stereocenters. The van der Waals surface area contributed by atoms with Gasteiger partial charge in [0.25, 0.3) is 0 Å². The molecule has 3 aromatic carbocycles. The Labute approximate surface area is 211 Å². The molecular formula is C29H33BrN2O2. The molecule has 0 saturated heterocycles. The number of nitrogens with one attached hydrogen (secondary N) is 1. The quantitative estimate of drug-likeness (QED) is 0.364. The molecule has 0 aliphatic carbocycles. The maximum Gasteiger partial charge on any atom is 0.243 e. The van der Waals surface area contributed by atoms with E-state index in [-0.39, 0.29) is 24.3 Å². The number of rotatable bonds is 10. The van der Waals surface area contributed by atoms with Crippen LogP contribution in [0.1, 0.15) is 42.5 Å². The molecule has 0 heterocycles. The van der Waals surface area contributed by atoms with Gasteiger partial charge < -0.3 is 10.2 Å². The van der Waals surface area contributed by atoms with Gasteiger partial charge in [0.2, 0.25) is 11.8 Å². The van der Waals surface area contributed by atoms with Gasteiger partial charge in [0, 0.05) is 23.5 Å². The van der Waals surface area contributed by atoms with Gasteiger partial charge in [0.15, 0.2) is 0 Å². The average Bonchev–Trinajstić information content (AvgIpc) is 2.81. The van der Waals surface area contributed by atoms with Gasteiger partial charge in [-0.25, -0.2) is 0 Å². The molecule has 0 fully saturated rings. The van der Waals surface area contributed by atoms with Crippen molar-refractivity contribution < 1.29 is 9.59 Å². The van der Waals surface area contributed by atoms with Gasteiger partial charge in [0.1, 0.15) is 6.04 Å². The minimum absolute atomic E-state index is 0.0327. The number of carbonyl (C=O) groups is 2. The fourth-order valence-electron chi connectivity index (χ4n) is 3.93. The molecule has 0 aliphatic heterocycles. The predicted molar refractivity (Wildman–Crippen MR) is 141 cm³/mol. The summed E-state index contributed by atoms with van der Waals surface area (Å²) in [4.78, 5) is 29.0. The second-order valence-corrected chi connectivity index (χ2v) is 9.76. The highest BCUT2D eigenvalue weighted by Gasteiger charge is 2.31. The van der Waals surface area contributed by atoms with Crippen LogP contribution in [0.3, 0.4) is 0 Å². The van der Waals surface area contributed by atoms with Crippen molar-refractivity contribution in [3.63, 3.8) is 0 Å². The lowest BCUT2D eigenvalue weighted by Crippen LogP contribution is -2.52. The van der Waals surface area contributed by atoms with E-state index in [1.807, 2.05) is 99.6 Å². The zero-order chi connectivity index (χ0) is 24.5. The zero-order valence-corrected chi connectivity index (χ0v) is 21.7. The minimum atomic E-state index is -0.618. The molecule has 0 spiro atoms. The Kier molecular flexibility index (Phi) is 9.46. The standard InChI is InChI=1S/C29H33BrN2O2/c1-4-22(3)31-29(34)27(18-23-11-6-5-7-12-23)32(20-25-14-9-15-26(30)17-25)28(33)19-24-13-8-10-21(2)16-24/h5-17,22,27H,4,18-20H2,1-3H3,(H,31,34)/t22-,27-/m0/s1. The van der Waals surface area contributed by atoms with Crippen LogP contribution in [0.5, 0.6) is 0 Å². The zero-order valence-electron chi connectivity index (χ0n) is 20.1. The van der Waals surface area contributed by atoms with E-state index in [1.54, 1.807) is 4.90 Å². The first-order valence-electron chi connectivity index (χ1n) is 11.8. The third-order valence-electron chi connectivity index (χ3n) is 5.95. The SMILES string of the molecule is CC[C@H](C)NC(=O)[C@H](Cc1ccccc1)N(Cc1cccc(Br)c1)C(=O)Cc1cccc(C)c1. The highest BCUT2D eigenvalue weighted by atomic mass is 79.9. The van der Waals surface area contributed by atoms with E-state index in [9.17, 15) is 9.59 Å². The van der Waals surface area contributed by atoms with Crippen molar-refractivity contribution in [3.05, 3.63) is 106 Å². The molecule has 0 aromatic heterocycles. The lowest BCUT2D eigenvalue weighted by Gasteiger charge is -2.32. The number of nitrogens with zero attached hydrogens (tertiary/aromatic N) is 1. The molecular weight excluding hydrogens is 488 g/mol. The van der Waals surface area contributed by atoms with Gasteiger partial charge in [-0.15, -0.1) is 0 Å². The molecule has 2 amide bonds. The van der Waals surface area contributed by atoms with Crippen LogP contribution >= 0.6 is 15.9 Å². The van der Waals surface area contributed by atoms with Crippen molar-refractivity contribution in [2.24, 2.45) is 0 Å². The molecule has 0 bridgehead atoms. The Bertz CT molecular complexity index is 1100. The Balaban J connectivity index is 1.97. The molecule has 0 saturated carbocycles. The van der Waals surface area contributed by atoms with Gasteiger partial charge in [-0.05, 0) is 49.1 Å². The summed E-state index contributed by atoms with van der Waals surface area (Å²) in [6.07, 6.45) is 1.53. The lowest BCUT2D eigenvalue weighted by atomic mass is 10.0. The lowest BCUT2D eigenvalue weighted by molar-refractivity contribution is -0.141. The molecule has 0 radical (unpaired) electrons. The van der Waals surface area contributed by atoms with Crippen molar-refractivity contribution in [2.75, 3.05) is 0 Å². The molecule has 3 aromatic rings. The third kappa shape index (κ3) is 7.56. The Morgan fingerprint density at radius 2 is 1.59 bits per heavy atom. The number of benzene rings is 3. The van der Waals surface area contributed by atoms with E-state index in [0.717, 1.165) is 33.1 Å². The van der Waals surface area contributed by atoms with Gasteiger partial charge >= 0.3 is 0 Å². The number of aryl methyl sites for hydroxylation is 1. The van der Waals surface area contributed by atoms with E-state index in [2.05, 4.69) is 21.2 Å². The van der Waals surface area contributed by atoms with Gasteiger partial charge in [-0.2, -0.15) is 0 Å². The van der Waals surface area contributed by atoms with Gasteiger partial charge in [-0.3, -0.25) is 9.59 Å². The van der Waals surface area contributed by atoms with Crippen molar-refractivity contribution >= 4 is 27.7 Å². The van der Waals surface area contributed by atoms with E-state index in [1.165, 1.54) is 0 Å². The number of hydrogen-bond donors (Lipinski definition) is 1. The van der Waals surface area contributed by atoms with E-state index >= 15 is 0 Å². The Morgan fingerprint density at radius 1 is 0.912 bits per heavy atom. The number of hydrogen-bond acceptors (Lipinski definition) is 2. The smallest absolute Gasteiger partial charge is 0.243 e. The van der Waals surface area contributed by atoms with Crippen molar-refractivity contribution in [1.82, 2.24) is 10.2 Å². The average molecular weight is 521 g/mol. The summed E-state index contributed by atoms with van der Waals surface area (Å²) < 4.78 is 0.944. The summed E-state index contributed by atoms with van der Waals surface area (Å²) in [5.74, 6) is -0.184. The summed E-state index contributed by atoms with van der Waals surface area (Å²) in [6.45, 7) is 6.41. The molecule has 2 atom stereocenters. The summed E-state index contributed by atoms with van der Waals surface area (Å²) in [7, 11) is 0. The topological polar surface area (TPSA) is 49.4 Å². The van der Waals surface area contributed by atoms with Crippen molar-refractivity contribution in [3.8, 4) is 0 Å². The van der Waals surface area contributed by atoms with Crippen molar-refractivity contribution in [2.45, 2.75) is 58.7 Å². The van der Waals surface area contributed by atoms with Gasteiger partial charge in [0.05, 0.1) is 6.42 Å². The minimum Gasteiger partial charge on any atom is -0.352 e. The molecule has 34 heavy (non-hydrogen) atoms. The maximum absolute atomic E-state index is 13.7. The molecule has 5 heteroatoms. The highest BCUT2D eigenvalue weighted by molar-refractivity contribution is 9.10. The Morgan fingerprint density at radius 3 is 2.26 bits per heavy atom. The highest BCUT2D eigenvalue weighted by Crippen LogP contribution is 2.19. The normalized spacial score (nSPS) is 12.6. The maximum atomic E-state index is 13.7. The molecule has 0 aliphatic rings. The molecule has 4 nitrogen and oxygen atoms in total. The largest absolute Gasteiger partial charge is 0.352 e. The third-order valence-corrected chi connectivity index (χ3v) is 6.45. The van der Waals surface area contributed by atoms with Crippen LogP contribution in [-0.4, -0.2) is 28.8 Å². The van der Waals surface area contributed by atoms with Crippen LogP contribution in [-0.2, 0) is 29.0 Å². The number of carbonyl (C=O) groups excluding carboxylic acids is 2. The summed E-state index contributed by atoms with van der Waals surface area (Å²) in [6, 6.07) is 25.2. The van der Waals surface area contributed by atoms with Crippen LogP contribution in [0.2, 0.25) is 0 Å². The van der Waals surface area contributed by atoms with Gasteiger partial charge in [-0.1, -0.05) is 95.1 Å². The Hall–Kier alpha value is -2.92. The van der Waals surface area contributed by atoms with Crippen LogP contribution < -0.4 is 5.32 Å². The second-order valence-electron chi connectivity index (χ2n) is 8.84. The first-order chi connectivity index (χ1) is 16.4. The summed E-state index contributed by atoms with van der Waals surface area (Å²) in [5, 5.41) is 3.11. The fraction of sp³-hybridized carbons (Fsp3) is 0.310. The summed E-state index contributed by atoms with van der Waals surface area (Å²) in [5.41, 5.74) is 4.06. The number of amides is 2. The molecule has 3 rings (SSSR count). The van der Waals surface area contributed by atoms with E-state index in [0.29, 0.717) is 13.0 Å². The fourth-order valence-corrected chi connectivity index (χ4v) is 4.37. The molecule has 1 N–H and O–H groups in total. The van der Waals surface area contributed by atoms with Crippen LogP contribution in [0, 0.1) is 6.92 Å². The predicted octanol–water partition coefficient (Wildman–Crippen LogP) is 5.85. The number of halogens is 1. The van der Waals surface area contributed by atoms with Crippen molar-refractivity contribution in [1.29, 1.82) is 0 Å². The first-order valence-corrected chi connectivity index (χ1v) is 12.6. The summed E-state index contributed by atoms with van der Waals surface area (Å²) >= 11 is 3.53. The first kappa shape index (κ1) is 25.7. The monoisotopic (exact) mass is 520 g/mol. The van der Waals surface area contributed by atoms with E-state index in [4.69, 9.17) is 0 Å². The second kappa shape index (κ2) is 12.5. The van der Waals surface area contributed by atoms with E-state index < -0.39 is 6.04 Å². The van der Waals surface area contributed by atoms with Crippen LogP contribution in [0.15, 0.2) is 83.3 Å².